The van der Waals surface area contributed by atoms with Crippen LogP contribution in [0.3, 0.4) is 0 Å². The molecule has 0 aliphatic heterocycles. The molecule has 0 radical (unpaired) electrons. The Morgan fingerprint density at radius 2 is 2.29 bits per heavy atom. The number of nitrogens with zero attached hydrogens (tertiary/aromatic N) is 1. The molecule has 5 heteroatoms. The van der Waals surface area contributed by atoms with E-state index in [1.54, 1.807) is 13.1 Å². The predicted molar refractivity (Wildman–Crippen MR) is 62.9 cm³/mol. The normalized spacial score (nSPS) is 9.47. The molecule has 1 rings (SSSR count). The summed E-state index contributed by atoms with van der Waals surface area (Å²) in [7, 11) is 1.58. The highest BCUT2D eigenvalue weighted by Gasteiger charge is 2.03. The molecule has 2 N–H and O–H groups in total. The van der Waals surface area contributed by atoms with E-state index >= 15 is 0 Å². The van der Waals surface area contributed by atoms with Gasteiger partial charge in [-0.05, 0) is 24.6 Å². The number of carbonyl (C=O) groups excluding carboxylic acids is 1. The summed E-state index contributed by atoms with van der Waals surface area (Å²) in [5.41, 5.74) is 0.638. The zero-order valence-electron chi connectivity index (χ0n) is 9.59. The molecular weight excluding hydrogens is 221 g/mol. The molecule has 1 aromatic carbocycles. The molecule has 4 nitrogen and oxygen atoms in total. The second-order valence-electron chi connectivity index (χ2n) is 3.51. The molecule has 17 heavy (non-hydrogen) atoms. The second-order valence-corrected chi connectivity index (χ2v) is 3.51. The fourth-order valence-electron chi connectivity index (χ4n) is 1.33. The van der Waals surface area contributed by atoms with E-state index in [2.05, 4.69) is 10.6 Å². The van der Waals surface area contributed by atoms with Gasteiger partial charge in [-0.1, -0.05) is 0 Å². The van der Waals surface area contributed by atoms with Crippen molar-refractivity contribution in [2.24, 2.45) is 0 Å². The van der Waals surface area contributed by atoms with E-state index < -0.39 is 5.82 Å². The third kappa shape index (κ3) is 4.11. The zero-order valence-corrected chi connectivity index (χ0v) is 9.59. The molecular formula is C12H14FN3O. The van der Waals surface area contributed by atoms with Crippen molar-refractivity contribution in [1.82, 2.24) is 5.32 Å². The van der Waals surface area contributed by atoms with Crippen LogP contribution < -0.4 is 10.6 Å². The summed E-state index contributed by atoms with van der Waals surface area (Å²) < 4.78 is 13.4. The van der Waals surface area contributed by atoms with E-state index in [-0.39, 0.29) is 5.91 Å². The molecule has 0 aliphatic rings. The van der Waals surface area contributed by atoms with Gasteiger partial charge in [0.1, 0.15) is 5.82 Å². The molecule has 0 saturated carbocycles. The number of hydrogen-bond acceptors (Lipinski definition) is 3. The molecule has 0 atom stereocenters. The van der Waals surface area contributed by atoms with Crippen molar-refractivity contribution < 1.29 is 9.18 Å². The number of anilines is 1. The Morgan fingerprint density at radius 3 is 2.88 bits per heavy atom. The number of halogens is 1. The standard InChI is InChI=1S/C12H14FN3O/c1-15-12(17)3-2-6-16-11-5-4-9(8-14)7-10(11)13/h4-5,7,16H,2-3,6H2,1H3,(H,15,17). The van der Waals surface area contributed by atoms with Gasteiger partial charge in [0.05, 0.1) is 17.3 Å². The summed E-state index contributed by atoms with van der Waals surface area (Å²) >= 11 is 0. The summed E-state index contributed by atoms with van der Waals surface area (Å²) in [6.45, 7) is 0.510. The van der Waals surface area contributed by atoms with Crippen molar-refractivity contribution in [3.63, 3.8) is 0 Å². The van der Waals surface area contributed by atoms with Crippen LogP contribution >= 0.6 is 0 Å². The number of benzene rings is 1. The first kappa shape index (κ1) is 13.0. The largest absolute Gasteiger partial charge is 0.383 e. The van der Waals surface area contributed by atoms with Gasteiger partial charge < -0.3 is 10.6 Å². The molecule has 90 valence electrons. The molecule has 1 aromatic rings. The van der Waals surface area contributed by atoms with Gasteiger partial charge in [-0.15, -0.1) is 0 Å². The Balaban J connectivity index is 2.42. The summed E-state index contributed by atoms with van der Waals surface area (Å²) in [5.74, 6) is -0.490. The molecule has 0 bridgehead atoms. The Kier molecular flexibility index (Phi) is 4.95. The van der Waals surface area contributed by atoms with Gasteiger partial charge in [0, 0.05) is 20.0 Å². The Labute approximate surface area is 99.4 Å². The van der Waals surface area contributed by atoms with Crippen LogP contribution in [0.2, 0.25) is 0 Å². The first-order chi connectivity index (χ1) is 8.17. The van der Waals surface area contributed by atoms with Crippen molar-refractivity contribution in [1.29, 1.82) is 5.26 Å². The lowest BCUT2D eigenvalue weighted by Gasteiger charge is -2.07. The minimum absolute atomic E-state index is 0.0351. The summed E-state index contributed by atoms with van der Waals surface area (Å²) in [5, 5.41) is 14.0. The highest BCUT2D eigenvalue weighted by atomic mass is 19.1. The molecule has 0 heterocycles. The summed E-state index contributed by atoms with van der Waals surface area (Å²) in [6.07, 6.45) is 1.03. The van der Waals surface area contributed by atoms with Gasteiger partial charge in [0.25, 0.3) is 0 Å². The minimum atomic E-state index is -0.455. The lowest BCUT2D eigenvalue weighted by Crippen LogP contribution is -2.18. The van der Waals surface area contributed by atoms with Crippen LogP contribution in [-0.4, -0.2) is 19.5 Å². The predicted octanol–water partition coefficient (Wildman–Crippen LogP) is 1.64. The van der Waals surface area contributed by atoms with Crippen molar-refractivity contribution in [2.75, 3.05) is 18.9 Å². The first-order valence-electron chi connectivity index (χ1n) is 5.31. The average molecular weight is 235 g/mol. The van der Waals surface area contributed by atoms with Crippen LogP contribution in [0.25, 0.3) is 0 Å². The number of amides is 1. The third-order valence-electron chi connectivity index (χ3n) is 2.27. The van der Waals surface area contributed by atoms with Crippen LogP contribution in [0, 0.1) is 17.1 Å². The Morgan fingerprint density at radius 1 is 1.53 bits per heavy atom. The van der Waals surface area contributed by atoms with Crippen molar-refractivity contribution >= 4 is 11.6 Å². The number of rotatable bonds is 5. The fraction of sp³-hybridized carbons (Fsp3) is 0.333. The number of carbonyl (C=O) groups is 1. The molecule has 0 aromatic heterocycles. The van der Waals surface area contributed by atoms with Gasteiger partial charge in [-0.25, -0.2) is 4.39 Å². The van der Waals surface area contributed by atoms with Crippen molar-refractivity contribution in [2.45, 2.75) is 12.8 Å². The van der Waals surface area contributed by atoms with Crippen molar-refractivity contribution in [3.05, 3.63) is 29.6 Å². The number of hydrogen-bond donors (Lipinski definition) is 2. The van der Waals surface area contributed by atoms with E-state index in [0.717, 1.165) is 0 Å². The third-order valence-corrected chi connectivity index (χ3v) is 2.27. The number of nitriles is 1. The molecule has 0 aliphatic carbocycles. The Bertz CT molecular complexity index is 440. The minimum Gasteiger partial charge on any atom is -0.383 e. The molecule has 0 spiro atoms. The molecule has 0 saturated heterocycles. The second kappa shape index (κ2) is 6.48. The van der Waals surface area contributed by atoms with Gasteiger partial charge in [-0.2, -0.15) is 5.26 Å². The maximum Gasteiger partial charge on any atom is 0.219 e. The quantitative estimate of drug-likeness (QED) is 0.762. The van der Waals surface area contributed by atoms with Crippen LogP contribution in [0.5, 0.6) is 0 Å². The van der Waals surface area contributed by atoms with E-state index in [0.29, 0.717) is 30.6 Å². The zero-order chi connectivity index (χ0) is 12.7. The van der Waals surface area contributed by atoms with E-state index in [1.165, 1.54) is 12.1 Å². The SMILES string of the molecule is CNC(=O)CCCNc1ccc(C#N)cc1F. The topological polar surface area (TPSA) is 64.9 Å². The maximum absolute atomic E-state index is 13.4. The highest BCUT2D eigenvalue weighted by molar-refractivity contribution is 5.75. The molecule has 1 amide bonds. The van der Waals surface area contributed by atoms with Crippen LogP contribution in [0.15, 0.2) is 18.2 Å². The van der Waals surface area contributed by atoms with Crippen LogP contribution in [0.1, 0.15) is 18.4 Å². The monoisotopic (exact) mass is 235 g/mol. The molecule has 0 unspecified atom stereocenters. The van der Waals surface area contributed by atoms with Crippen LogP contribution in [0.4, 0.5) is 10.1 Å². The van der Waals surface area contributed by atoms with Gasteiger partial charge in [-0.3, -0.25) is 4.79 Å². The van der Waals surface area contributed by atoms with Gasteiger partial charge in [0.2, 0.25) is 5.91 Å². The van der Waals surface area contributed by atoms with E-state index in [1.807, 2.05) is 6.07 Å². The number of nitrogens with one attached hydrogen (secondary N) is 2. The summed E-state index contributed by atoms with van der Waals surface area (Å²) in [6, 6.07) is 6.11. The molecule has 0 fully saturated rings. The highest BCUT2D eigenvalue weighted by Crippen LogP contribution is 2.15. The summed E-state index contributed by atoms with van der Waals surface area (Å²) in [4.78, 5) is 10.9. The van der Waals surface area contributed by atoms with Crippen molar-refractivity contribution in [3.8, 4) is 6.07 Å². The van der Waals surface area contributed by atoms with E-state index in [4.69, 9.17) is 5.26 Å². The first-order valence-corrected chi connectivity index (χ1v) is 5.31. The Hall–Kier alpha value is -2.09. The van der Waals surface area contributed by atoms with Gasteiger partial charge >= 0.3 is 0 Å². The lowest BCUT2D eigenvalue weighted by atomic mass is 10.2. The maximum atomic E-state index is 13.4. The smallest absolute Gasteiger partial charge is 0.219 e. The lowest BCUT2D eigenvalue weighted by molar-refractivity contribution is -0.120. The van der Waals surface area contributed by atoms with E-state index in [9.17, 15) is 9.18 Å². The fourth-order valence-corrected chi connectivity index (χ4v) is 1.33. The average Bonchev–Trinajstić information content (AvgIpc) is 2.35. The van der Waals surface area contributed by atoms with Crippen LogP contribution in [-0.2, 0) is 4.79 Å². The van der Waals surface area contributed by atoms with Gasteiger partial charge in [0.15, 0.2) is 0 Å².